The summed E-state index contributed by atoms with van der Waals surface area (Å²) in [5.41, 5.74) is 0. The van der Waals surface area contributed by atoms with E-state index < -0.39 is 0 Å². The van der Waals surface area contributed by atoms with Gasteiger partial charge in [-0.2, -0.15) is 0 Å². The maximum absolute atomic E-state index is 5.50. The summed E-state index contributed by atoms with van der Waals surface area (Å²) in [6.07, 6.45) is 3.72. The van der Waals surface area contributed by atoms with E-state index in [4.69, 9.17) is 4.42 Å². The Morgan fingerprint density at radius 2 is 2.31 bits per heavy atom. The molecule has 4 nitrogen and oxygen atoms in total. The molecule has 1 aliphatic carbocycles. The summed E-state index contributed by atoms with van der Waals surface area (Å²) >= 11 is 0. The Morgan fingerprint density at radius 3 is 2.92 bits per heavy atom. The SMILES string of the molecule is CCNCc1nnc(C2CCC2)o1. The Kier molecular flexibility index (Phi) is 2.59. The first-order chi connectivity index (χ1) is 6.40. The van der Waals surface area contributed by atoms with E-state index >= 15 is 0 Å². The first-order valence-corrected chi connectivity index (χ1v) is 4.93. The highest BCUT2D eigenvalue weighted by Gasteiger charge is 2.24. The summed E-state index contributed by atoms with van der Waals surface area (Å²) in [4.78, 5) is 0. The molecule has 72 valence electrons. The first kappa shape index (κ1) is 8.69. The minimum atomic E-state index is 0.544. The van der Waals surface area contributed by atoms with Gasteiger partial charge in [-0.1, -0.05) is 13.3 Å². The number of aromatic nitrogens is 2. The van der Waals surface area contributed by atoms with Crippen molar-refractivity contribution < 1.29 is 4.42 Å². The van der Waals surface area contributed by atoms with Gasteiger partial charge in [-0.25, -0.2) is 0 Å². The second-order valence-electron chi connectivity index (χ2n) is 3.44. The second-order valence-corrected chi connectivity index (χ2v) is 3.44. The molecule has 1 heterocycles. The molecule has 0 spiro atoms. The summed E-state index contributed by atoms with van der Waals surface area (Å²) in [6, 6.07) is 0. The molecule has 0 amide bonds. The number of hydrogen-bond donors (Lipinski definition) is 1. The van der Waals surface area contributed by atoms with Crippen LogP contribution in [0.15, 0.2) is 4.42 Å². The van der Waals surface area contributed by atoms with Crippen molar-refractivity contribution in [3.05, 3.63) is 11.8 Å². The quantitative estimate of drug-likeness (QED) is 0.763. The molecule has 1 aromatic rings. The number of nitrogens with one attached hydrogen (secondary N) is 1. The van der Waals surface area contributed by atoms with E-state index in [0.717, 1.165) is 12.4 Å². The van der Waals surface area contributed by atoms with Crippen molar-refractivity contribution in [1.29, 1.82) is 0 Å². The summed E-state index contributed by atoms with van der Waals surface area (Å²) in [6.45, 7) is 3.68. The van der Waals surface area contributed by atoms with Crippen molar-refractivity contribution in [2.24, 2.45) is 0 Å². The molecule has 1 N–H and O–H groups in total. The molecular weight excluding hydrogens is 166 g/mol. The van der Waals surface area contributed by atoms with Gasteiger partial charge in [-0.15, -0.1) is 10.2 Å². The fraction of sp³-hybridized carbons (Fsp3) is 0.778. The van der Waals surface area contributed by atoms with Gasteiger partial charge >= 0.3 is 0 Å². The maximum Gasteiger partial charge on any atom is 0.230 e. The molecule has 1 aromatic heterocycles. The normalized spacial score (nSPS) is 17.3. The smallest absolute Gasteiger partial charge is 0.230 e. The minimum absolute atomic E-state index is 0.544. The largest absolute Gasteiger partial charge is 0.424 e. The zero-order valence-corrected chi connectivity index (χ0v) is 7.92. The Labute approximate surface area is 77.7 Å². The molecule has 4 heteroatoms. The highest BCUT2D eigenvalue weighted by atomic mass is 16.4. The standard InChI is InChI=1S/C9H15N3O/c1-2-10-6-8-11-12-9(13-8)7-4-3-5-7/h7,10H,2-6H2,1H3. The molecule has 0 bridgehead atoms. The molecule has 13 heavy (non-hydrogen) atoms. The second kappa shape index (κ2) is 3.87. The van der Waals surface area contributed by atoms with Crippen LogP contribution < -0.4 is 5.32 Å². The average molecular weight is 181 g/mol. The number of rotatable bonds is 4. The van der Waals surface area contributed by atoms with Crippen LogP contribution in [0.3, 0.4) is 0 Å². The highest BCUT2D eigenvalue weighted by molar-refractivity contribution is 4.96. The summed E-state index contributed by atoms with van der Waals surface area (Å²) in [7, 11) is 0. The van der Waals surface area contributed by atoms with Crippen LogP contribution in [0.2, 0.25) is 0 Å². The van der Waals surface area contributed by atoms with E-state index in [2.05, 4.69) is 22.4 Å². The van der Waals surface area contributed by atoms with E-state index in [1.165, 1.54) is 19.3 Å². The molecule has 0 saturated heterocycles. The third-order valence-electron chi connectivity index (χ3n) is 2.46. The lowest BCUT2D eigenvalue weighted by molar-refractivity contribution is 0.322. The van der Waals surface area contributed by atoms with E-state index in [1.54, 1.807) is 0 Å². The molecule has 1 aliphatic rings. The predicted molar refractivity (Wildman–Crippen MR) is 48.3 cm³/mol. The average Bonchev–Trinajstić information content (AvgIpc) is 2.46. The van der Waals surface area contributed by atoms with Gasteiger partial charge in [0.15, 0.2) is 0 Å². The lowest BCUT2D eigenvalue weighted by Gasteiger charge is -2.20. The van der Waals surface area contributed by atoms with Gasteiger partial charge in [0.2, 0.25) is 11.8 Å². The van der Waals surface area contributed by atoms with Crippen molar-refractivity contribution in [1.82, 2.24) is 15.5 Å². The van der Waals surface area contributed by atoms with Gasteiger partial charge in [-0.3, -0.25) is 0 Å². The minimum Gasteiger partial charge on any atom is -0.424 e. The van der Waals surface area contributed by atoms with Crippen LogP contribution in [-0.4, -0.2) is 16.7 Å². The van der Waals surface area contributed by atoms with Crippen LogP contribution in [-0.2, 0) is 6.54 Å². The topological polar surface area (TPSA) is 51.0 Å². The molecular formula is C9H15N3O. The van der Waals surface area contributed by atoms with Gasteiger partial charge in [0.25, 0.3) is 0 Å². The summed E-state index contributed by atoms with van der Waals surface area (Å²) < 4.78 is 5.50. The van der Waals surface area contributed by atoms with Gasteiger partial charge in [0, 0.05) is 5.92 Å². The molecule has 1 fully saturated rings. The lowest BCUT2D eigenvalue weighted by Crippen LogP contribution is -2.11. The van der Waals surface area contributed by atoms with Crippen molar-refractivity contribution in [3.63, 3.8) is 0 Å². The molecule has 2 rings (SSSR count). The molecule has 1 saturated carbocycles. The van der Waals surface area contributed by atoms with Crippen molar-refractivity contribution in [3.8, 4) is 0 Å². The Balaban J connectivity index is 1.92. The van der Waals surface area contributed by atoms with Gasteiger partial charge in [0.1, 0.15) is 0 Å². The zero-order chi connectivity index (χ0) is 9.10. The first-order valence-electron chi connectivity index (χ1n) is 4.93. The zero-order valence-electron chi connectivity index (χ0n) is 7.92. The Morgan fingerprint density at radius 1 is 1.46 bits per heavy atom. The van der Waals surface area contributed by atoms with Crippen LogP contribution in [0.1, 0.15) is 43.9 Å². The lowest BCUT2D eigenvalue weighted by atomic mass is 9.85. The number of nitrogens with zero attached hydrogens (tertiary/aromatic N) is 2. The molecule has 0 aliphatic heterocycles. The summed E-state index contributed by atoms with van der Waals surface area (Å²) in [5.74, 6) is 2.09. The van der Waals surface area contributed by atoms with Gasteiger partial charge < -0.3 is 9.73 Å². The third kappa shape index (κ3) is 1.88. The van der Waals surface area contributed by atoms with E-state index in [0.29, 0.717) is 18.4 Å². The van der Waals surface area contributed by atoms with Crippen molar-refractivity contribution in [2.45, 2.75) is 38.6 Å². The highest BCUT2D eigenvalue weighted by Crippen LogP contribution is 2.35. The van der Waals surface area contributed by atoms with Crippen LogP contribution in [0.4, 0.5) is 0 Å². The van der Waals surface area contributed by atoms with Crippen LogP contribution >= 0.6 is 0 Å². The predicted octanol–water partition coefficient (Wildman–Crippen LogP) is 1.45. The van der Waals surface area contributed by atoms with Crippen LogP contribution in [0, 0.1) is 0 Å². The van der Waals surface area contributed by atoms with Crippen LogP contribution in [0.25, 0.3) is 0 Å². The number of hydrogen-bond acceptors (Lipinski definition) is 4. The monoisotopic (exact) mass is 181 g/mol. The Bertz CT molecular complexity index is 268. The van der Waals surface area contributed by atoms with E-state index in [9.17, 15) is 0 Å². The van der Waals surface area contributed by atoms with E-state index in [1.807, 2.05) is 0 Å². The third-order valence-corrected chi connectivity index (χ3v) is 2.46. The fourth-order valence-electron chi connectivity index (χ4n) is 1.39. The van der Waals surface area contributed by atoms with Crippen molar-refractivity contribution in [2.75, 3.05) is 6.54 Å². The summed E-state index contributed by atoms with van der Waals surface area (Å²) in [5, 5.41) is 11.2. The molecule has 0 atom stereocenters. The Hall–Kier alpha value is -0.900. The maximum atomic E-state index is 5.50. The van der Waals surface area contributed by atoms with Crippen molar-refractivity contribution >= 4 is 0 Å². The molecule has 0 unspecified atom stereocenters. The van der Waals surface area contributed by atoms with Crippen LogP contribution in [0.5, 0.6) is 0 Å². The van der Waals surface area contributed by atoms with Gasteiger partial charge in [-0.05, 0) is 19.4 Å². The molecule has 0 radical (unpaired) electrons. The van der Waals surface area contributed by atoms with E-state index in [-0.39, 0.29) is 0 Å². The van der Waals surface area contributed by atoms with Gasteiger partial charge in [0.05, 0.1) is 6.54 Å². The fourth-order valence-corrected chi connectivity index (χ4v) is 1.39. The molecule has 0 aromatic carbocycles.